The Morgan fingerprint density at radius 2 is 1.89 bits per heavy atom. The van der Waals surface area contributed by atoms with Crippen LogP contribution in [-0.2, 0) is 23.1 Å². The highest BCUT2D eigenvalue weighted by atomic mass is 127. The van der Waals surface area contributed by atoms with E-state index in [9.17, 15) is 0 Å². The number of aryl methyl sites for hydroxylation is 1. The predicted molar refractivity (Wildman–Crippen MR) is 118 cm³/mol. The van der Waals surface area contributed by atoms with E-state index in [1.807, 2.05) is 18.5 Å². The van der Waals surface area contributed by atoms with Crippen molar-refractivity contribution in [2.24, 2.45) is 12.0 Å². The first-order valence-electron chi connectivity index (χ1n) is 10.3. The second kappa shape index (κ2) is 10.2. The van der Waals surface area contributed by atoms with Crippen molar-refractivity contribution in [1.29, 1.82) is 0 Å². The molecule has 4 rings (SSSR count). The van der Waals surface area contributed by atoms with Crippen molar-refractivity contribution in [3.05, 3.63) is 11.6 Å². The highest BCUT2D eigenvalue weighted by Gasteiger charge is 2.33. The zero-order valence-electron chi connectivity index (χ0n) is 17.0. The molecule has 2 unspecified atom stereocenters. The highest BCUT2D eigenvalue weighted by Crippen LogP contribution is 2.22. The number of ether oxygens (including phenoxy) is 2. The Bertz CT molecular complexity index is 655. The predicted octanol–water partition coefficient (Wildman–Crippen LogP) is 2.01. The normalized spacial score (nSPS) is 26.5. The summed E-state index contributed by atoms with van der Waals surface area (Å²) in [5.41, 5.74) is 0. The van der Waals surface area contributed by atoms with E-state index in [0.29, 0.717) is 12.6 Å². The number of aromatic nitrogens is 3. The smallest absolute Gasteiger partial charge is 0.194 e. The molecule has 0 bridgehead atoms. The lowest BCUT2D eigenvalue weighted by atomic mass is 10.1. The first kappa shape index (κ1) is 21.8. The summed E-state index contributed by atoms with van der Waals surface area (Å²) in [7, 11) is 1.99. The SMILES string of the molecule is Cc1nnc(CN=C(NC2CCCC2)N2CCOC(C3CCCO3)C2)n1C.I. The van der Waals surface area contributed by atoms with E-state index < -0.39 is 0 Å². The highest BCUT2D eigenvalue weighted by molar-refractivity contribution is 14.0. The average molecular weight is 504 g/mol. The molecule has 3 fully saturated rings. The Morgan fingerprint density at radius 3 is 2.57 bits per heavy atom. The van der Waals surface area contributed by atoms with Crippen LogP contribution in [-0.4, -0.2) is 70.2 Å². The molecule has 3 aliphatic rings. The van der Waals surface area contributed by atoms with Crippen molar-refractivity contribution in [2.45, 2.75) is 70.2 Å². The fourth-order valence-corrected chi connectivity index (χ4v) is 4.21. The van der Waals surface area contributed by atoms with Crippen molar-refractivity contribution >= 4 is 29.9 Å². The van der Waals surface area contributed by atoms with Gasteiger partial charge in [0, 0.05) is 32.8 Å². The third-order valence-corrected chi connectivity index (χ3v) is 6.01. The topological polar surface area (TPSA) is 76.8 Å². The van der Waals surface area contributed by atoms with Crippen LogP contribution >= 0.6 is 24.0 Å². The van der Waals surface area contributed by atoms with Crippen LogP contribution < -0.4 is 5.32 Å². The Hall–Kier alpha value is -0.940. The Balaban J connectivity index is 0.00000225. The molecule has 2 atom stereocenters. The van der Waals surface area contributed by atoms with Gasteiger partial charge in [-0.25, -0.2) is 4.99 Å². The molecule has 0 radical (unpaired) electrons. The molecule has 1 aromatic rings. The number of morpholine rings is 1. The van der Waals surface area contributed by atoms with Gasteiger partial charge in [-0.3, -0.25) is 0 Å². The number of rotatable bonds is 4. The number of hydrogen-bond donors (Lipinski definition) is 1. The minimum atomic E-state index is 0. The summed E-state index contributed by atoms with van der Waals surface area (Å²) in [6.45, 7) is 5.78. The number of nitrogens with one attached hydrogen (secondary N) is 1. The number of hydrogen-bond acceptors (Lipinski definition) is 5. The molecule has 1 aliphatic carbocycles. The standard InChI is InChI=1S/C19H32N6O2.HI/c1-14-22-23-18(24(14)2)12-20-19(21-15-6-3-4-7-15)25-9-11-27-17(13-25)16-8-5-10-26-16;/h15-17H,3-13H2,1-2H3,(H,20,21);1H. The molecule has 158 valence electrons. The molecule has 1 N–H and O–H groups in total. The number of guanidine groups is 1. The molecule has 3 heterocycles. The lowest BCUT2D eigenvalue weighted by Crippen LogP contribution is -2.54. The van der Waals surface area contributed by atoms with Gasteiger partial charge in [0.05, 0.1) is 12.7 Å². The summed E-state index contributed by atoms with van der Waals surface area (Å²) in [6.07, 6.45) is 7.64. The number of nitrogens with zero attached hydrogens (tertiary/aromatic N) is 5. The van der Waals surface area contributed by atoms with E-state index in [-0.39, 0.29) is 36.2 Å². The van der Waals surface area contributed by atoms with Gasteiger partial charge in [0.25, 0.3) is 0 Å². The molecule has 0 aromatic carbocycles. The minimum Gasteiger partial charge on any atom is -0.375 e. The molecule has 8 nitrogen and oxygen atoms in total. The first-order valence-corrected chi connectivity index (χ1v) is 10.3. The Kier molecular flexibility index (Phi) is 7.93. The van der Waals surface area contributed by atoms with Crippen molar-refractivity contribution in [3.8, 4) is 0 Å². The first-order chi connectivity index (χ1) is 13.2. The van der Waals surface area contributed by atoms with Crippen LogP contribution in [0.5, 0.6) is 0 Å². The van der Waals surface area contributed by atoms with Crippen LogP contribution in [0.15, 0.2) is 4.99 Å². The third-order valence-electron chi connectivity index (χ3n) is 6.01. The van der Waals surface area contributed by atoms with Crippen LogP contribution in [0, 0.1) is 6.92 Å². The largest absolute Gasteiger partial charge is 0.375 e. The van der Waals surface area contributed by atoms with Crippen LogP contribution in [0.3, 0.4) is 0 Å². The average Bonchev–Trinajstić information content (AvgIpc) is 3.44. The van der Waals surface area contributed by atoms with E-state index >= 15 is 0 Å². The van der Waals surface area contributed by atoms with E-state index in [1.165, 1.54) is 25.7 Å². The number of aliphatic imine (C=N–C) groups is 1. The van der Waals surface area contributed by atoms with Gasteiger partial charge in [0.1, 0.15) is 18.5 Å². The molecular weight excluding hydrogens is 471 g/mol. The van der Waals surface area contributed by atoms with Crippen LogP contribution in [0.2, 0.25) is 0 Å². The molecule has 0 amide bonds. The van der Waals surface area contributed by atoms with Gasteiger partial charge < -0.3 is 24.3 Å². The van der Waals surface area contributed by atoms with Gasteiger partial charge in [-0.15, -0.1) is 34.2 Å². The zero-order chi connectivity index (χ0) is 18.6. The van der Waals surface area contributed by atoms with Crippen molar-refractivity contribution in [1.82, 2.24) is 25.0 Å². The summed E-state index contributed by atoms with van der Waals surface area (Å²) in [6, 6.07) is 0.522. The molecular formula is C19H33IN6O2. The van der Waals surface area contributed by atoms with Crippen molar-refractivity contribution in [2.75, 3.05) is 26.3 Å². The Labute approximate surface area is 184 Å². The summed E-state index contributed by atoms with van der Waals surface area (Å²) in [5.74, 6) is 2.78. The van der Waals surface area contributed by atoms with Gasteiger partial charge in [-0.1, -0.05) is 12.8 Å². The minimum absolute atomic E-state index is 0. The van der Waals surface area contributed by atoms with Crippen LogP contribution in [0.1, 0.15) is 50.2 Å². The van der Waals surface area contributed by atoms with Crippen LogP contribution in [0.25, 0.3) is 0 Å². The lowest BCUT2D eigenvalue weighted by molar-refractivity contribution is -0.0818. The quantitative estimate of drug-likeness (QED) is 0.384. The summed E-state index contributed by atoms with van der Waals surface area (Å²) < 4.78 is 13.9. The molecule has 9 heteroatoms. The number of halogens is 1. The molecule has 1 saturated carbocycles. The van der Waals surface area contributed by atoms with E-state index in [2.05, 4.69) is 20.4 Å². The summed E-state index contributed by atoms with van der Waals surface area (Å²) >= 11 is 0. The third kappa shape index (κ3) is 5.15. The molecule has 2 saturated heterocycles. The van der Waals surface area contributed by atoms with Crippen LogP contribution in [0.4, 0.5) is 0 Å². The molecule has 28 heavy (non-hydrogen) atoms. The van der Waals surface area contributed by atoms with Gasteiger partial charge in [0.2, 0.25) is 0 Å². The molecule has 0 spiro atoms. The lowest BCUT2D eigenvalue weighted by Gasteiger charge is -2.38. The van der Waals surface area contributed by atoms with E-state index in [4.69, 9.17) is 14.5 Å². The van der Waals surface area contributed by atoms with E-state index in [1.54, 1.807) is 0 Å². The second-order valence-electron chi connectivity index (χ2n) is 7.89. The van der Waals surface area contributed by atoms with E-state index in [0.717, 1.165) is 56.8 Å². The maximum atomic E-state index is 6.02. The fraction of sp³-hybridized carbons (Fsp3) is 0.842. The molecule has 2 aliphatic heterocycles. The van der Waals surface area contributed by atoms with Gasteiger partial charge in [-0.2, -0.15) is 0 Å². The van der Waals surface area contributed by atoms with Gasteiger partial charge in [0.15, 0.2) is 11.8 Å². The van der Waals surface area contributed by atoms with Crippen molar-refractivity contribution < 1.29 is 9.47 Å². The maximum Gasteiger partial charge on any atom is 0.194 e. The fourth-order valence-electron chi connectivity index (χ4n) is 4.21. The summed E-state index contributed by atoms with van der Waals surface area (Å²) in [5, 5.41) is 12.1. The zero-order valence-corrected chi connectivity index (χ0v) is 19.3. The second-order valence-corrected chi connectivity index (χ2v) is 7.89. The molecule has 1 aromatic heterocycles. The Morgan fingerprint density at radius 1 is 1.11 bits per heavy atom. The van der Waals surface area contributed by atoms with Gasteiger partial charge in [-0.05, 0) is 32.6 Å². The monoisotopic (exact) mass is 504 g/mol. The van der Waals surface area contributed by atoms with Crippen molar-refractivity contribution in [3.63, 3.8) is 0 Å². The van der Waals surface area contributed by atoms with Gasteiger partial charge >= 0.3 is 0 Å². The summed E-state index contributed by atoms with van der Waals surface area (Å²) in [4.78, 5) is 7.27. The maximum absolute atomic E-state index is 6.02.